The highest BCUT2D eigenvalue weighted by atomic mass is 16.8. The van der Waals surface area contributed by atoms with Crippen LogP contribution in [0.5, 0.6) is 0 Å². The van der Waals surface area contributed by atoms with E-state index in [9.17, 15) is 9.59 Å². The molecule has 0 aromatic heterocycles. The summed E-state index contributed by atoms with van der Waals surface area (Å²) in [5.41, 5.74) is 0. The highest BCUT2D eigenvalue weighted by Gasteiger charge is 2.32. The van der Waals surface area contributed by atoms with Crippen molar-refractivity contribution in [3.63, 3.8) is 0 Å². The van der Waals surface area contributed by atoms with Crippen LogP contribution in [0.25, 0.3) is 0 Å². The van der Waals surface area contributed by atoms with E-state index in [4.69, 9.17) is 18.9 Å². The summed E-state index contributed by atoms with van der Waals surface area (Å²) in [4.78, 5) is 24.0. The normalized spacial score (nSPS) is 18.6. The summed E-state index contributed by atoms with van der Waals surface area (Å²) in [7, 11) is 0. The molecular weight excluding hydrogens is 408 g/mol. The van der Waals surface area contributed by atoms with Crippen LogP contribution in [0.15, 0.2) is 0 Å². The third-order valence-electron chi connectivity index (χ3n) is 5.95. The molecule has 188 valence electrons. The van der Waals surface area contributed by atoms with Crippen LogP contribution in [-0.2, 0) is 18.9 Å². The topological polar surface area (TPSA) is 71.1 Å². The van der Waals surface area contributed by atoms with Crippen LogP contribution in [0.1, 0.15) is 118 Å². The maximum absolute atomic E-state index is 12.1. The van der Waals surface area contributed by atoms with Crippen molar-refractivity contribution in [3.05, 3.63) is 0 Å². The van der Waals surface area contributed by atoms with Crippen LogP contribution >= 0.6 is 0 Å². The predicted octanol–water partition coefficient (Wildman–Crippen LogP) is 7.82. The number of carbonyl (C=O) groups excluding carboxylic acids is 2. The van der Waals surface area contributed by atoms with Crippen molar-refractivity contribution in [1.29, 1.82) is 0 Å². The van der Waals surface area contributed by atoms with E-state index in [1.807, 2.05) is 0 Å². The monoisotopic (exact) mass is 456 g/mol. The average molecular weight is 457 g/mol. The fraction of sp³-hybridized carbons (Fsp3) is 0.923. The molecule has 1 saturated carbocycles. The molecule has 2 atom stereocenters. The first-order chi connectivity index (χ1) is 15.4. The number of hydrogen-bond donors (Lipinski definition) is 0. The second kappa shape index (κ2) is 18.0. The summed E-state index contributed by atoms with van der Waals surface area (Å²) in [6.45, 7) is 9.43. The highest BCUT2D eigenvalue weighted by Crippen LogP contribution is 2.25. The Bertz CT molecular complexity index is 491. The van der Waals surface area contributed by atoms with Crippen molar-refractivity contribution in [2.24, 2.45) is 11.8 Å². The maximum Gasteiger partial charge on any atom is 0.508 e. The summed E-state index contributed by atoms with van der Waals surface area (Å²) in [6, 6.07) is 0. The fourth-order valence-corrected chi connectivity index (χ4v) is 3.90. The molecule has 0 aliphatic heterocycles. The number of carbonyl (C=O) groups is 2. The molecule has 1 aliphatic carbocycles. The van der Waals surface area contributed by atoms with Gasteiger partial charge < -0.3 is 18.9 Å². The molecule has 0 aromatic rings. The largest absolute Gasteiger partial charge is 0.508 e. The Morgan fingerprint density at radius 2 is 1.06 bits per heavy atom. The minimum atomic E-state index is -0.681. The Morgan fingerprint density at radius 1 is 0.625 bits per heavy atom. The van der Waals surface area contributed by atoms with Gasteiger partial charge >= 0.3 is 12.3 Å². The van der Waals surface area contributed by atoms with Gasteiger partial charge in [0, 0.05) is 0 Å². The van der Waals surface area contributed by atoms with Gasteiger partial charge in [-0.05, 0) is 50.4 Å². The average Bonchev–Trinajstić information content (AvgIpc) is 2.73. The van der Waals surface area contributed by atoms with Crippen LogP contribution < -0.4 is 0 Å². The van der Waals surface area contributed by atoms with Crippen molar-refractivity contribution in [3.8, 4) is 0 Å². The zero-order valence-corrected chi connectivity index (χ0v) is 21.1. The third kappa shape index (κ3) is 15.4. The van der Waals surface area contributed by atoms with Crippen LogP contribution in [0.3, 0.4) is 0 Å². The molecular formula is C26H48O6. The Labute approximate surface area is 196 Å². The number of unbranched alkanes of at least 4 members (excludes halogenated alkanes) is 7. The highest BCUT2D eigenvalue weighted by molar-refractivity contribution is 5.61. The van der Waals surface area contributed by atoms with Gasteiger partial charge in [0.1, 0.15) is 12.2 Å². The molecule has 1 aliphatic rings. The molecule has 0 amide bonds. The van der Waals surface area contributed by atoms with Gasteiger partial charge in [-0.2, -0.15) is 0 Å². The van der Waals surface area contributed by atoms with Gasteiger partial charge in [0.2, 0.25) is 0 Å². The molecule has 0 radical (unpaired) electrons. The minimum Gasteiger partial charge on any atom is -0.434 e. The molecule has 0 bridgehead atoms. The molecule has 1 rings (SSSR count). The summed E-state index contributed by atoms with van der Waals surface area (Å²) >= 11 is 0. The maximum atomic E-state index is 12.1. The molecule has 0 heterocycles. The minimum absolute atomic E-state index is 0.342. The van der Waals surface area contributed by atoms with E-state index in [1.54, 1.807) is 0 Å². The summed E-state index contributed by atoms with van der Waals surface area (Å²) in [5.74, 6) is 1.28. The number of ether oxygens (including phenoxy) is 4. The summed E-state index contributed by atoms with van der Waals surface area (Å²) in [5, 5.41) is 0. The molecule has 0 spiro atoms. The van der Waals surface area contributed by atoms with Crippen molar-refractivity contribution in [2.45, 2.75) is 130 Å². The SMILES string of the molecule is CC(C)CCCCCCCCCCOC(=O)OC1CCCCC1OC(=O)OCCC(C)C. The first-order valence-corrected chi connectivity index (χ1v) is 13.0. The number of rotatable bonds is 16. The summed E-state index contributed by atoms with van der Waals surface area (Å²) < 4.78 is 21.2. The Kier molecular flexibility index (Phi) is 16.1. The van der Waals surface area contributed by atoms with Gasteiger partial charge in [0.25, 0.3) is 0 Å². The Balaban J connectivity index is 2.09. The van der Waals surface area contributed by atoms with E-state index in [1.165, 1.54) is 44.9 Å². The van der Waals surface area contributed by atoms with Gasteiger partial charge in [0.05, 0.1) is 13.2 Å². The lowest BCUT2D eigenvalue weighted by Crippen LogP contribution is -2.38. The van der Waals surface area contributed by atoms with Crippen molar-refractivity contribution in [2.75, 3.05) is 13.2 Å². The molecule has 0 saturated heterocycles. The van der Waals surface area contributed by atoms with Crippen LogP contribution in [0.2, 0.25) is 0 Å². The van der Waals surface area contributed by atoms with Gasteiger partial charge in [0.15, 0.2) is 0 Å². The quantitative estimate of drug-likeness (QED) is 0.174. The van der Waals surface area contributed by atoms with Gasteiger partial charge in [-0.15, -0.1) is 0 Å². The predicted molar refractivity (Wildman–Crippen MR) is 127 cm³/mol. The van der Waals surface area contributed by atoms with Crippen LogP contribution in [0, 0.1) is 11.8 Å². The van der Waals surface area contributed by atoms with Gasteiger partial charge in [-0.3, -0.25) is 0 Å². The zero-order valence-electron chi connectivity index (χ0n) is 21.1. The molecule has 6 nitrogen and oxygen atoms in total. The van der Waals surface area contributed by atoms with Crippen LogP contribution in [-0.4, -0.2) is 37.7 Å². The van der Waals surface area contributed by atoms with E-state index >= 15 is 0 Å². The first kappa shape index (κ1) is 28.6. The van der Waals surface area contributed by atoms with Crippen molar-refractivity contribution < 1.29 is 28.5 Å². The molecule has 6 heteroatoms. The van der Waals surface area contributed by atoms with Gasteiger partial charge in [-0.1, -0.05) is 79.1 Å². The Morgan fingerprint density at radius 3 is 1.56 bits per heavy atom. The standard InChI is InChI=1S/C26H48O6/c1-21(2)15-11-9-7-5-6-8-10-14-19-29-25(27)31-23-16-12-13-17-24(23)32-26(28)30-20-18-22(3)4/h21-24H,5-20H2,1-4H3. The molecule has 1 fully saturated rings. The molecule has 32 heavy (non-hydrogen) atoms. The van der Waals surface area contributed by atoms with E-state index < -0.39 is 24.5 Å². The molecule has 0 N–H and O–H groups in total. The second-order valence-electron chi connectivity index (χ2n) is 9.99. The van der Waals surface area contributed by atoms with E-state index in [2.05, 4.69) is 27.7 Å². The lowest BCUT2D eigenvalue weighted by atomic mass is 9.95. The Hall–Kier alpha value is -1.46. The molecule has 0 aromatic carbocycles. The van der Waals surface area contributed by atoms with Gasteiger partial charge in [-0.25, -0.2) is 9.59 Å². The van der Waals surface area contributed by atoms with E-state index in [0.717, 1.165) is 38.0 Å². The van der Waals surface area contributed by atoms with E-state index in [-0.39, 0.29) is 0 Å². The third-order valence-corrected chi connectivity index (χ3v) is 5.95. The first-order valence-electron chi connectivity index (χ1n) is 13.0. The van der Waals surface area contributed by atoms with Crippen LogP contribution in [0.4, 0.5) is 9.59 Å². The van der Waals surface area contributed by atoms with Crippen molar-refractivity contribution >= 4 is 12.3 Å². The molecule has 2 unspecified atom stereocenters. The fourth-order valence-electron chi connectivity index (χ4n) is 3.90. The van der Waals surface area contributed by atoms with E-state index in [0.29, 0.717) is 32.0 Å². The number of hydrogen-bond acceptors (Lipinski definition) is 6. The summed E-state index contributed by atoms with van der Waals surface area (Å²) in [6.07, 6.45) is 12.8. The smallest absolute Gasteiger partial charge is 0.434 e. The van der Waals surface area contributed by atoms with Crippen molar-refractivity contribution in [1.82, 2.24) is 0 Å². The lowest BCUT2D eigenvalue weighted by Gasteiger charge is -2.29. The second-order valence-corrected chi connectivity index (χ2v) is 9.99. The zero-order chi connectivity index (χ0) is 23.6. The lowest BCUT2D eigenvalue weighted by molar-refractivity contribution is -0.0715.